The van der Waals surface area contributed by atoms with E-state index in [0.29, 0.717) is 18.1 Å². The van der Waals surface area contributed by atoms with E-state index in [2.05, 4.69) is 5.10 Å². The molecule has 1 fully saturated rings. The largest absolute Gasteiger partial charge is 0.299 e. The van der Waals surface area contributed by atoms with Crippen LogP contribution in [0.1, 0.15) is 31.4 Å². The standard InChI is InChI=1S/C11H16N2O/c1-13-7-6-10(12-13)8-11(14)9-4-2-3-5-9/h6-7,9H,2-5,8H2,1H3. The molecule has 0 N–H and O–H groups in total. The maximum Gasteiger partial charge on any atom is 0.141 e. The Morgan fingerprint density at radius 2 is 2.29 bits per heavy atom. The van der Waals surface area contributed by atoms with Crippen LogP contribution >= 0.6 is 0 Å². The molecule has 0 aliphatic heterocycles. The number of ketones is 1. The summed E-state index contributed by atoms with van der Waals surface area (Å²) in [5.74, 6) is 0.693. The number of aromatic nitrogens is 2. The normalized spacial score (nSPS) is 17.5. The van der Waals surface area contributed by atoms with Gasteiger partial charge < -0.3 is 0 Å². The Morgan fingerprint density at radius 1 is 1.57 bits per heavy atom. The monoisotopic (exact) mass is 192 g/mol. The van der Waals surface area contributed by atoms with Gasteiger partial charge in [-0.15, -0.1) is 0 Å². The van der Waals surface area contributed by atoms with Crippen molar-refractivity contribution < 1.29 is 4.79 Å². The molecule has 1 aromatic heterocycles. The molecule has 1 heterocycles. The van der Waals surface area contributed by atoms with Crippen LogP contribution in [0.2, 0.25) is 0 Å². The molecule has 76 valence electrons. The molecule has 0 unspecified atom stereocenters. The first-order valence-corrected chi connectivity index (χ1v) is 5.27. The van der Waals surface area contributed by atoms with Gasteiger partial charge >= 0.3 is 0 Å². The minimum atomic E-state index is 0.317. The maximum atomic E-state index is 11.8. The third kappa shape index (κ3) is 2.03. The van der Waals surface area contributed by atoms with Crippen molar-refractivity contribution in [1.82, 2.24) is 9.78 Å². The first-order chi connectivity index (χ1) is 6.75. The molecule has 1 aromatic rings. The summed E-state index contributed by atoms with van der Waals surface area (Å²) in [4.78, 5) is 11.8. The van der Waals surface area contributed by atoms with Crippen LogP contribution in [0.25, 0.3) is 0 Å². The highest BCUT2D eigenvalue weighted by Crippen LogP contribution is 2.26. The molecule has 0 radical (unpaired) electrons. The van der Waals surface area contributed by atoms with E-state index in [-0.39, 0.29) is 0 Å². The zero-order chi connectivity index (χ0) is 9.97. The molecular weight excluding hydrogens is 176 g/mol. The molecule has 1 aliphatic rings. The highest BCUT2D eigenvalue weighted by Gasteiger charge is 2.22. The quantitative estimate of drug-likeness (QED) is 0.731. The molecule has 14 heavy (non-hydrogen) atoms. The van der Waals surface area contributed by atoms with E-state index in [9.17, 15) is 4.79 Å². The van der Waals surface area contributed by atoms with E-state index >= 15 is 0 Å². The zero-order valence-corrected chi connectivity index (χ0v) is 8.57. The van der Waals surface area contributed by atoms with Gasteiger partial charge in [-0.05, 0) is 18.9 Å². The molecule has 0 atom stereocenters. The Balaban J connectivity index is 1.93. The van der Waals surface area contributed by atoms with Crippen molar-refractivity contribution in [2.24, 2.45) is 13.0 Å². The van der Waals surface area contributed by atoms with E-state index in [0.717, 1.165) is 18.5 Å². The molecular formula is C11H16N2O. The summed E-state index contributed by atoms with van der Waals surface area (Å²) in [6.45, 7) is 0. The summed E-state index contributed by atoms with van der Waals surface area (Å²) in [5.41, 5.74) is 0.907. The van der Waals surface area contributed by atoms with Crippen molar-refractivity contribution >= 4 is 5.78 Å². The van der Waals surface area contributed by atoms with E-state index in [4.69, 9.17) is 0 Å². The van der Waals surface area contributed by atoms with Gasteiger partial charge in [-0.3, -0.25) is 9.48 Å². The number of carbonyl (C=O) groups excluding carboxylic acids is 1. The third-order valence-electron chi connectivity index (χ3n) is 2.93. The first-order valence-electron chi connectivity index (χ1n) is 5.27. The van der Waals surface area contributed by atoms with E-state index in [1.165, 1.54) is 12.8 Å². The molecule has 0 amide bonds. The van der Waals surface area contributed by atoms with Crippen LogP contribution in [-0.4, -0.2) is 15.6 Å². The second kappa shape index (κ2) is 3.95. The fourth-order valence-corrected chi connectivity index (χ4v) is 2.13. The Kier molecular flexibility index (Phi) is 2.66. The lowest BCUT2D eigenvalue weighted by Crippen LogP contribution is -2.13. The second-order valence-corrected chi connectivity index (χ2v) is 4.11. The molecule has 1 aliphatic carbocycles. The fourth-order valence-electron chi connectivity index (χ4n) is 2.13. The van der Waals surface area contributed by atoms with Crippen LogP contribution in [-0.2, 0) is 18.3 Å². The number of hydrogen-bond donors (Lipinski definition) is 0. The van der Waals surface area contributed by atoms with Gasteiger partial charge in [0.15, 0.2) is 0 Å². The predicted octanol–water partition coefficient (Wildman–Crippen LogP) is 1.72. The van der Waals surface area contributed by atoms with Crippen molar-refractivity contribution in [2.45, 2.75) is 32.1 Å². The Bertz CT molecular complexity index is 324. The predicted molar refractivity (Wildman–Crippen MR) is 53.9 cm³/mol. The number of rotatable bonds is 3. The third-order valence-corrected chi connectivity index (χ3v) is 2.93. The second-order valence-electron chi connectivity index (χ2n) is 4.11. The summed E-state index contributed by atoms with van der Waals surface area (Å²) < 4.78 is 1.75. The minimum Gasteiger partial charge on any atom is -0.299 e. The van der Waals surface area contributed by atoms with Crippen molar-refractivity contribution in [3.8, 4) is 0 Å². The van der Waals surface area contributed by atoms with E-state index in [1.807, 2.05) is 19.3 Å². The summed E-state index contributed by atoms with van der Waals surface area (Å²) >= 11 is 0. The van der Waals surface area contributed by atoms with Gasteiger partial charge in [0.05, 0.1) is 12.1 Å². The Hall–Kier alpha value is -1.12. The van der Waals surface area contributed by atoms with Gasteiger partial charge in [-0.25, -0.2) is 0 Å². The van der Waals surface area contributed by atoms with Crippen LogP contribution in [0.5, 0.6) is 0 Å². The van der Waals surface area contributed by atoms with Crippen molar-refractivity contribution in [3.05, 3.63) is 18.0 Å². The topological polar surface area (TPSA) is 34.9 Å². The molecule has 3 nitrogen and oxygen atoms in total. The van der Waals surface area contributed by atoms with E-state index in [1.54, 1.807) is 4.68 Å². The molecule has 0 spiro atoms. The highest BCUT2D eigenvalue weighted by molar-refractivity contribution is 5.83. The van der Waals surface area contributed by atoms with Gasteiger partial charge in [0.1, 0.15) is 5.78 Å². The number of Topliss-reactive ketones (excluding diaryl/α,β-unsaturated/α-hetero) is 1. The molecule has 3 heteroatoms. The SMILES string of the molecule is Cn1ccc(CC(=O)C2CCCC2)n1. The van der Waals surface area contributed by atoms with Crippen LogP contribution < -0.4 is 0 Å². The number of aryl methyl sites for hydroxylation is 1. The lowest BCUT2D eigenvalue weighted by molar-refractivity contribution is -0.122. The maximum absolute atomic E-state index is 11.8. The van der Waals surface area contributed by atoms with Gasteiger partial charge in [0.2, 0.25) is 0 Å². The smallest absolute Gasteiger partial charge is 0.141 e. The lowest BCUT2D eigenvalue weighted by Gasteiger charge is -2.05. The van der Waals surface area contributed by atoms with Crippen LogP contribution in [0, 0.1) is 5.92 Å². The highest BCUT2D eigenvalue weighted by atomic mass is 16.1. The van der Waals surface area contributed by atoms with Crippen LogP contribution in [0.15, 0.2) is 12.3 Å². The number of hydrogen-bond acceptors (Lipinski definition) is 2. The van der Waals surface area contributed by atoms with Gasteiger partial charge in [-0.1, -0.05) is 12.8 Å². The molecule has 2 rings (SSSR count). The number of carbonyl (C=O) groups is 1. The van der Waals surface area contributed by atoms with Gasteiger partial charge in [-0.2, -0.15) is 5.10 Å². The Morgan fingerprint density at radius 3 is 2.86 bits per heavy atom. The summed E-state index contributed by atoms with van der Waals surface area (Å²) in [7, 11) is 1.88. The van der Waals surface area contributed by atoms with Crippen LogP contribution in [0.4, 0.5) is 0 Å². The zero-order valence-electron chi connectivity index (χ0n) is 8.57. The van der Waals surface area contributed by atoms with Crippen molar-refractivity contribution in [1.29, 1.82) is 0 Å². The number of nitrogens with zero attached hydrogens (tertiary/aromatic N) is 2. The van der Waals surface area contributed by atoms with E-state index < -0.39 is 0 Å². The van der Waals surface area contributed by atoms with Gasteiger partial charge in [0, 0.05) is 19.2 Å². The van der Waals surface area contributed by atoms with Crippen molar-refractivity contribution in [3.63, 3.8) is 0 Å². The summed E-state index contributed by atoms with van der Waals surface area (Å²) in [5, 5.41) is 4.22. The Labute approximate surface area is 84.1 Å². The summed E-state index contributed by atoms with van der Waals surface area (Å²) in [6, 6.07) is 1.92. The summed E-state index contributed by atoms with van der Waals surface area (Å²) in [6.07, 6.45) is 7.03. The molecule has 0 aromatic carbocycles. The van der Waals surface area contributed by atoms with Gasteiger partial charge in [0.25, 0.3) is 0 Å². The fraction of sp³-hybridized carbons (Fsp3) is 0.636. The average molecular weight is 192 g/mol. The first kappa shape index (κ1) is 9.44. The van der Waals surface area contributed by atoms with Crippen molar-refractivity contribution in [2.75, 3.05) is 0 Å². The molecule has 0 saturated heterocycles. The molecule has 1 saturated carbocycles. The molecule has 0 bridgehead atoms. The minimum absolute atomic E-state index is 0.317. The average Bonchev–Trinajstić information content (AvgIpc) is 2.75. The lowest BCUT2D eigenvalue weighted by atomic mass is 9.99. The van der Waals surface area contributed by atoms with Crippen LogP contribution in [0.3, 0.4) is 0 Å².